The fourth-order valence-electron chi connectivity index (χ4n) is 4.93. The van der Waals surface area contributed by atoms with E-state index in [1.807, 2.05) is 0 Å². The van der Waals surface area contributed by atoms with Crippen LogP contribution in [0.5, 0.6) is 0 Å². The number of hydrogen-bond donors (Lipinski definition) is 0. The first-order valence-corrected chi connectivity index (χ1v) is 9.46. The molecule has 5 rings (SSSR count). The Balaban J connectivity index is 1.56. The summed E-state index contributed by atoms with van der Waals surface area (Å²) >= 11 is 0. The van der Waals surface area contributed by atoms with E-state index in [0.29, 0.717) is 0 Å². The lowest BCUT2D eigenvalue weighted by molar-refractivity contribution is 0.376. The molecule has 2 aromatic rings. The van der Waals surface area contributed by atoms with E-state index in [2.05, 4.69) is 53.7 Å². The van der Waals surface area contributed by atoms with Crippen molar-refractivity contribution in [3.05, 3.63) is 70.3 Å². The van der Waals surface area contributed by atoms with Gasteiger partial charge in [0.1, 0.15) is 0 Å². The fourth-order valence-corrected chi connectivity index (χ4v) is 4.93. The van der Waals surface area contributed by atoms with Crippen molar-refractivity contribution in [2.45, 2.75) is 50.9 Å². The minimum absolute atomic E-state index is 0.0409. The molecule has 1 spiro atoms. The molecule has 25 heavy (non-hydrogen) atoms. The lowest BCUT2D eigenvalue weighted by atomic mass is 9.76. The molecule has 3 aliphatic rings. The quantitative estimate of drug-likeness (QED) is 0.683. The molecular formula is C23H22N2. The molecule has 0 amide bonds. The van der Waals surface area contributed by atoms with Crippen LogP contribution in [0.2, 0.25) is 0 Å². The van der Waals surface area contributed by atoms with Crippen molar-refractivity contribution >= 4 is 5.71 Å². The van der Waals surface area contributed by atoms with Gasteiger partial charge >= 0.3 is 0 Å². The highest BCUT2D eigenvalue weighted by Crippen LogP contribution is 2.48. The van der Waals surface area contributed by atoms with Crippen molar-refractivity contribution in [2.24, 2.45) is 10.4 Å². The van der Waals surface area contributed by atoms with Crippen LogP contribution in [0, 0.1) is 16.9 Å². The predicted molar refractivity (Wildman–Crippen MR) is 99.8 cm³/mol. The van der Waals surface area contributed by atoms with E-state index in [9.17, 15) is 5.26 Å². The summed E-state index contributed by atoms with van der Waals surface area (Å²) in [5.74, 6) is 0.739. The van der Waals surface area contributed by atoms with Crippen LogP contribution < -0.4 is 0 Å². The van der Waals surface area contributed by atoms with Crippen LogP contribution in [0.25, 0.3) is 0 Å². The second-order valence-corrected chi connectivity index (χ2v) is 7.98. The maximum Gasteiger partial charge on any atom is 0.205 e. The molecule has 2 nitrogen and oxygen atoms in total. The summed E-state index contributed by atoms with van der Waals surface area (Å²) in [7, 11) is 0. The summed E-state index contributed by atoms with van der Waals surface area (Å²) in [4.78, 5) is 4.39. The van der Waals surface area contributed by atoms with E-state index in [4.69, 9.17) is 0 Å². The zero-order valence-corrected chi connectivity index (χ0v) is 14.5. The second-order valence-electron chi connectivity index (χ2n) is 7.98. The van der Waals surface area contributed by atoms with Crippen LogP contribution in [0.15, 0.2) is 47.5 Å². The Morgan fingerprint density at radius 3 is 2.32 bits per heavy atom. The highest BCUT2D eigenvalue weighted by molar-refractivity contribution is 6.09. The van der Waals surface area contributed by atoms with Gasteiger partial charge in [0.25, 0.3) is 0 Å². The molecule has 0 radical (unpaired) electrons. The number of hydrogen-bond acceptors (Lipinski definition) is 2. The maximum absolute atomic E-state index is 9.36. The minimum atomic E-state index is 0.0409. The van der Waals surface area contributed by atoms with Crippen LogP contribution in [0.3, 0.4) is 0 Å². The molecule has 0 bridgehead atoms. The largest absolute Gasteiger partial charge is 0.205 e. The first-order chi connectivity index (χ1) is 12.3. The minimum Gasteiger partial charge on any atom is -0.177 e. The molecule has 0 aliphatic heterocycles. The standard InChI is InChI=1S/C23H22N2/c24-15-25-22-21-13-19(18-5-6-18)7-8-20(21)14-23(22)11-9-16-3-1-2-4-17(16)10-12-23/h1-4,7-8,13,18H,5-6,9-12,14H2/b25-22-. The third-order valence-electron chi connectivity index (χ3n) is 6.49. The van der Waals surface area contributed by atoms with Crippen LogP contribution in [0.1, 0.15) is 59.4 Å². The first-order valence-electron chi connectivity index (χ1n) is 9.46. The van der Waals surface area contributed by atoms with E-state index in [0.717, 1.165) is 43.7 Å². The number of fused-ring (bicyclic) bond motifs is 2. The van der Waals surface area contributed by atoms with Gasteiger partial charge in [-0.2, -0.15) is 10.3 Å². The van der Waals surface area contributed by atoms with Crippen LogP contribution in [-0.2, 0) is 19.3 Å². The molecule has 3 aliphatic carbocycles. The van der Waals surface area contributed by atoms with Crippen LogP contribution >= 0.6 is 0 Å². The Labute approximate surface area is 149 Å². The Hall–Kier alpha value is -2.40. The molecular weight excluding hydrogens is 304 g/mol. The van der Waals surface area contributed by atoms with Gasteiger partial charge < -0.3 is 0 Å². The summed E-state index contributed by atoms with van der Waals surface area (Å²) in [6, 6.07) is 15.8. The molecule has 0 aromatic heterocycles. The summed E-state index contributed by atoms with van der Waals surface area (Å²) < 4.78 is 0. The molecule has 0 atom stereocenters. The van der Waals surface area contributed by atoms with Gasteiger partial charge in [0.15, 0.2) is 0 Å². The lowest BCUT2D eigenvalue weighted by Gasteiger charge is -2.28. The normalized spacial score (nSPS) is 22.3. The van der Waals surface area contributed by atoms with Gasteiger partial charge in [-0.25, -0.2) is 0 Å². The lowest BCUT2D eigenvalue weighted by Crippen LogP contribution is -2.29. The summed E-state index contributed by atoms with van der Waals surface area (Å²) in [6.45, 7) is 0. The molecule has 2 heteroatoms. The molecule has 0 heterocycles. The Morgan fingerprint density at radius 2 is 1.68 bits per heavy atom. The zero-order valence-electron chi connectivity index (χ0n) is 14.5. The Bertz CT molecular complexity index is 885. The monoisotopic (exact) mass is 326 g/mol. The Kier molecular flexibility index (Phi) is 3.31. The molecule has 1 fully saturated rings. The molecule has 0 saturated heterocycles. The summed E-state index contributed by atoms with van der Waals surface area (Å²) in [6.07, 6.45) is 10.1. The van der Waals surface area contributed by atoms with Crippen molar-refractivity contribution in [3.63, 3.8) is 0 Å². The predicted octanol–water partition coefficient (Wildman–Crippen LogP) is 4.96. The molecule has 0 N–H and O–H groups in total. The van der Waals surface area contributed by atoms with Crippen molar-refractivity contribution in [1.29, 1.82) is 5.26 Å². The molecule has 2 aromatic carbocycles. The highest BCUT2D eigenvalue weighted by Gasteiger charge is 2.44. The van der Waals surface area contributed by atoms with E-state index in [1.54, 1.807) is 0 Å². The van der Waals surface area contributed by atoms with Crippen LogP contribution in [-0.4, -0.2) is 5.71 Å². The summed E-state index contributed by atoms with van der Waals surface area (Å²) in [5.41, 5.74) is 8.16. The average Bonchev–Trinajstić information content (AvgIpc) is 3.45. The smallest absolute Gasteiger partial charge is 0.177 e. The van der Waals surface area contributed by atoms with Crippen molar-refractivity contribution in [1.82, 2.24) is 0 Å². The topological polar surface area (TPSA) is 36.1 Å². The zero-order chi connectivity index (χ0) is 16.9. The van der Waals surface area contributed by atoms with Gasteiger partial charge in [-0.15, -0.1) is 0 Å². The SMILES string of the molecule is N#C/N=C1/c2cc(C3CC3)ccc2CC12CCc1ccccc1CC2. The fraction of sp³-hybridized carbons (Fsp3) is 0.391. The maximum atomic E-state index is 9.36. The third-order valence-corrected chi connectivity index (χ3v) is 6.49. The number of aryl methyl sites for hydroxylation is 2. The van der Waals surface area contributed by atoms with E-state index < -0.39 is 0 Å². The van der Waals surface area contributed by atoms with Gasteiger partial charge in [0.2, 0.25) is 6.19 Å². The van der Waals surface area contributed by atoms with Crippen molar-refractivity contribution in [3.8, 4) is 6.19 Å². The van der Waals surface area contributed by atoms with E-state index >= 15 is 0 Å². The third kappa shape index (κ3) is 2.42. The van der Waals surface area contributed by atoms with E-state index in [-0.39, 0.29) is 5.41 Å². The number of rotatable bonds is 1. The van der Waals surface area contributed by atoms with Gasteiger partial charge in [0, 0.05) is 11.0 Å². The number of benzene rings is 2. The Morgan fingerprint density at radius 1 is 0.960 bits per heavy atom. The number of aliphatic imine (C=N–C) groups is 1. The molecule has 0 unspecified atom stereocenters. The number of nitrogens with zero attached hydrogens (tertiary/aromatic N) is 2. The molecule has 124 valence electrons. The van der Waals surface area contributed by atoms with E-state index in [1.165, 1.54) is 40.7 Å². The summed E-state index contributed by atoms with van der Waals surface area (Å²) in [5, 5.41) is 9.36. The van der Waals surface area contributed by atoms with Gasteiger partial charge in [-0.05, 0) is 79.2 Å². The second kappa shape index (κ2) is 5.56. The van der Waals surface area contributed by atoms with Gasteiger partial charge in [-0.3, -0.25) is 0 Å². The van der Waals surface area contributed by atoms with Crippen molar-refractivity contribution in [2.75, 3.05) is 0 Å². The molecule has 1 saturated carbocycles. The highest BCUT2D eigenvalue weighted by atomic mass is 14.8. The van der Waals surface area contributed by atoms with Crippen molar-refractivity contribution < 1.29 is 0 Å². The average molecular weight is 326 g/mol. The first kappa shape index (κ1) is 14.9. The van der Waals surface area contributed by atoms with Crippen LogP contribution in [0.4, 0.5) is 0 Å². The van der Waals surface area contributed by atoms with Gasteiger partial charge in [-0.1, -0.05) is 36.4 Å². The number of nitriles is 1. The van der Waals surface area contributed by atoms with Gasteiger partial charge in [0.05, 0.1) is 5.71 Å².